The van der Waals surface area contributed by atoms with Crippen LogP contribution in [-0.4, -0.2) is 42.4 Å². The van der Waals surface area contributed by atoms with Gasteiger partial charge in [-0.1, -0.05) is 101 Å². The Kier molecular flexibility index (Phi) is 11.1. The molecule has 0 aromatic heterocycles. The molecule has 0 radical (unpaired) electrons. The molecule has 0 aliphatic heterocycles. The standard InChI is InChI=1S/C27H41NO2/c1-4-7-20-28(21-8-5-2)26(23-30-22-9-6-3)27(29,24-16-12-10-13-17-24)25-18-14-11-15-19-25/h10-19,26,29H,4-9,20-23H2,1-3H3/t26-/m0/s1. The lowest BCUT2D eigenvalue weighted by Crippen LogP contribution is -2.54. The summed E-state index contributed by atoms with van der Waals surface area (Å²) in [4.78, 5) is 2.47. The second kappa shape index (κ2) is 13.6. The second-order valence-corrected chi connectivity index (χ2v) is 8.19. The summed E-state index contributed by atoms with van der Waals surface area (Å²) in [6, 6.07) is 20.1. The van der Waals surface area contributed by atoms with Crippen molar-refractivity contribution in [3.8, 4) is 0 Å². The van der Waals surface area contributed by atoms with Crippen LogP contribution in [-0.2, 0) is 10.3 Å². The molecule has 1 atom stereocenters. The van der Waals surface area contributed by atoms with Gasteiger partial charge in [0.25, 0.3) is 0 Å². The van der Waals surface area contributed by atoms with E-state index in [2.05, 4.69) is 25.7 Å². The summed E-state index contributed by atoms with van der Waals surface area (Å²) in [6.45, 7) is 9.84. The topological polar surface area (TPSA) is 32.7 Å². The normalized spacial score (nSPS) is 13.0. The maximum Gasteiger partial charge on any atom is 0.132 e. The van der Waals surface area contributed by atoms with E-state index in [-0.39, 0.29) is 6.04 Å². The van der Waals surface area contributed by atoms with Crippen LogP contribution in [0.5, 0.6) is 0 Å². The van der Waals surface area contributed by atoms with Crippen molar-refractivity contribution >= 4 is 0 Å². The lowest BCUT2D eigenvalue weighted by atomic mass is 9.79. The van der Waals surface area contributed by atoms with Gasteiger partial charge in [-0.3, -0.25) is 4.90 Å². The van der Waals surface area contributed by atoms with Crippen molar-refractivity contribution in [3.05, 3.63) is 71.8 Å². The van der Waals surface area contributed by atoms with Crippen molar-refractivity contribution in [2.45, 2.75) is 70.9 Å². The minimum atomic E-state index is -1.13. The molecular formula is C27H41NO2. The van der Waals surface area contributed by atoms with E-state index in [1.54, 1.807) is 0 Å². The van der Waals surface area contributed by atoms with E-state index in [1.807, 2.05) is 60.7 Å². The molecule has 0 spiro atoms. The molecule has 30 heavy (non-hydrogen) atoms. The molecule has 0 heterocycles. The smallest absolute Gasteiger partial charge is 0.132 e. The summed E-state index contributed by atoms with van der Waals surface area (Å²) in [7, 11) is 0. The SMILES string of the molecule is CCCCOC[C@H](N(CCCC)CCCC)C(O)(c1ccccc1)c1ccccc1. The fourth-order valence-electron chi connectivity index (χ4n) is 4.01. The van der Waals surface area contributed by atoms with E-state index in [1.165, 1.54) is 0 Å². The largest absolute Gasteiger partial charge is 0.380 e. The average molecular weight is 412 g/mol. The molecule has 0 unspecified atom stereocenters. The summed E-state index contributed by atoms with van der Waals surface area (Å²) >= 11 is 0. The van der Waals surface area contributed by atoms with Crippen LogP contribution in [0, 0.1) is 0 Å². The van der Waals surface area contributed by atoms with Crippen LogP contribution in [0.25, 0.3) is 0 Å². The number of hydrogen-bond acceptors (Lipinski definition) is 3. The van der Waals surface area contributed by atoms with Crippen molar-refractivity contribution in [2.75, 3.05) is 26.3 Å². The van der Waals surface area contributed by atoms with Crippen LogP contribution in [0.2, 0.25) is 0 Å². The minimum absolute atomic E-state index is 0.141. The zero-order valence-electron chi connectivity index (χ0n) is 19.2. The first-order chi connectivity index (χ1) is 14.7. The fraction of sp³-hybridized carbons (Fsp3) is 0.556. The number of unbranched alkanes of at least 4 members (excludes halogenated alkanes) is 3. The van der Waals surface area contributed by atoms with E-state index in [0.717, 1.165) is 69.3 Å². The Balaban J connectivity index is 2.49. The van der Waals surface area contributed by atoms with E-state index in [9.17, 15) is 5.11 Å². The Morgan fingerprint density at radius 1 is 0.767 bits per heavy atom. The molecule has 2 aromatic carbocycles. The third-order valence-corrected chi connectivity index (χ3v) is 5.87. The number of nitrogens with zero attached hydrogens (tertiary/aromatic N) is 1. The van der Waals surface area contributed by atoms with E-state index >= 15 is 0 Å². The quantitative estimate of drug-likeness (QED) is 0.364. The third kappa shape index (κ3) is 6.66. The molecule has 166 valence electrons. The number of aliphatic hydroxyl groups is 1. The van der Waals surface area contributed by atoms with Gasteiger partial charge in [0, 0.05) is 6.61 Å². The number of rotatable bonds is 15. The molecule has 0 bridgehead atoms. The first kappa shape index (κ1) is 24.6. The summed E-state index contributed by atoms with van der Waals surface area (Å²) in [5, 5.41) is 12.4. The lowest BCUT2D eigenvalue weighted by molar-refractivity contribution is -0.0618. The Labute approximate surface area is 184 Å². The number of ether oxygens (including phenoxy) is 1. The van der Waals surface area contributed by atoms with Crippen LogP contribution < -0.4 is 0 Å². The Morgan fingerprint density at radius 3 is 1.67 bits per heavy atom. The fourth-order valence-corrected chi connectivity index (χ4v) is 4.01. The summed E-state index contributed by atoms with van der Waals surface area (Å²) < 4.78 is 6.16. The van der Waals surface area contributed by atoms with Crippen molar-refractivity contribution in [3.63, 3.8) is 0 Å². The highest BCUT2D eigenvalue weighted by atomic mass is 16.5. The van der Waals surface area contributed by atoms with Crippen LogP contribution in [0.15, 0.2) is 60.7 Å². The molecule has 1 N–H and O–H groups in total. The van der Waals surface area contributed by atoms with Crippen LogP contribution >= 0.6 is 0 Å². The van der Waals surface area contributed by atoms with Crippen LogP contribution in [0.4, 0.5) is 0 Å². The van der Waals surface area contributed by atoms with Crippen molar-refractivity contribution < 1.29 is 9.84 Å². The maximum absolute atomic E-state index is 12.4. The number of benzene rings is 2. The van der Waals surface area contributed by atoms with Crippen molar-refractivity contribution in [2.24, 2.45) is 0 Å². The zero-order valence-corrected chi connectivity index (χ0v) is 19.2. The first-order valence-corrected chi connectivity index (χ1v) is 11.8. The molecule has 2 rings (SSSR count). The Morgan fingerprint density at radius 2 is 1.23 bits per heavy atom. The predicted molar refractivity (Wildman–Crippen MR) is 127 cm³/mol. The maximum atomic E-state index is 12.4. The average Bonchev–Trinajstić information content (AvgIpc) is 2.80. The number of hydrogen-bond donors (Lipinski definition) is 1. The van der Waals surface area contributed by atoms with E-state index in [4.69, 9.17) is 4.74 Å². The second-order valence-electron chi connectivity index (χ2n) is 8.19. The molecule has 0 fully saturated rings. The molecule has 0 saturated carbocycles. The molecule has 0 aliphatic rings. The van der Waals surface area contributed by atoms with Gasteiger partial charge in [0.15, 0.2) is 0 Å². The van der Waals surface area contributed by atoms with E-state index < -0.39 is 5.60 Å². The monoisotopic (exact) mass is 411 g/mol. The molecular weight excluding hydrogens is 370 g/mol. The molecule has 0 aliphatic carbocycles. The van der Waals surface area contributed by atoms with Crippen LogP contribution in [0.1, 0.15) is 70.4 Å². The molecule has 3 heteroatoms. The van der Waals surface area contributed by atoms with Crippen LogP contribution in [0.3, 0.4) is 0 Å². The predicted octanol–water partition coefficient (Wildman–Crippen LogP) is 6.01. The van der Waals surface area contributed by atoms with Crippen molar-refractivity contribution in [1.82, 2.24) is 4.90 Å². The van der Waals surface area contributed by atoms with Gasteiger partial charge in [-0.05, 0) is 43.5 Å². The highest BCUT2D eigenvalue weighted by Gasteiger charge is 2.43. The van der Waals surface area contributed by atoms with Gasteiger partial charge >= 0.3 is 0 Å². The highest BCUT2D eigenvalue weighted by Crippen LogP contribution is 2.36. The summed E-state index contributed by atoms with van der Waals surface area (Å²) in [5.74, 6) is 0. The van der Waals surface area contributed by atoms with Gasteiger partial charge < -0.3 is 9.84 Å². The molecule has 0 amide bonds. The van der Waals surface area contributed by atoms with Gasteiger partial charge in [0.1, 0.15) is 5.60 Å². The lowest BCUT2D eigenvalue weighted by Gasteiger charge is -2.44. The summed E-state index contributed by atoms with van der Waals surface area (Å²) in [5.41, 5.74) is 0.729. The van der Waals surface area contributed by atoms with Gasteiger partial charge in [-0.15, -0.1) is 0 Å². The molecule has 3 nitrogen and oxygen atoms in total. The van der Waals surface area contributed by atoms with Gasteiger partial charge in [0.05, 0.1) is 12.6 Å². The molecule has 0 saturated heterocycles. The molecule has 2 aromatic rings. The van der Waals surface area contributed by atoms with Gasteiger partial charge in [0.2, 0.25) is 0 Å². The zero-order chi connectivity index (χ0) is 21.7. The van der Waals surface area contributed by atoms with E-state index in [0.29, 0.717) is 6.61 Å². The summed E-state index contributed by atoms with van der Waals surface area (Å²) in [6.07, 6.45) is 6.68. The Hall–Kier alpha value is -1.68. The highest BCUT2D eigenvalue weighted by molar-refractivity contribution is 5.38. The first-order valence-electron chi connectivity index (χ1n) is 11.8. The van der Waals surface area contributed by atoms with Gasteiger partial charge in [-0.2, -0.15) is 0 Å². The van der Waals surface area contributed by atoms with Crippen molar-refractivity contribution in [1.29, 1.82) is 0 Å². The minimum Gasteiger partial charge on any atom is -0.380 e. The third-order valence-electron chi connectivity index (χ3n) is 5.87. The van der Waals surface area contributed by atoms with Gasteiger partial charge in [-0.25, -0.2) is 0 Å². The Bertz CT molecular complexity index is 626.